The number of carbonyl (C=O) groups is 1. The third-order valence-electron chi connectivity index (χ3n) is 4.25. The maximum atomic E-state index is 11.8. The van der Waals surface area contributed by atoms with Gasteiger partial charge in [0.2, 0.25) is 5.91 Å². The second-order valence-electron chi connectivity index (χ2n) is 6.65. The van der Waals surface area contributed by atoms with Crippen LogP contribution in [0.4, 0.5) is 0 Å². The van der Waals surface area contributed by atoms with Crippen LogP contribution in [0.25, 0.3) is 0 Å². The molecule has 118 valence electrons. The van der Waals surface area contributed by atoms with Crippen molar-refractivity contribution in [2.75, 3.05) is 20.1 Å². The summed E-state index contributed by atoms with van der Waals surface area (Å²) in [7, 11) is 2.21. The SMILES string of the molecule is CC(C)C[C@H](N)C(=O)NCCCN(C)C1CCCCC1. The fourth-order valence-electron chi connectivity index (χ4n) is 2.99. The number of nitrogens with one attached hydrogen (secondary N) is 1. The van der Waals surface area contributed by atoms with Gasteiger partial charge in [-0.1, -0.05) is 33.1 Å². The van der Waals surface area contributed by atoms with Crippen molar-refractivity contribution in [1.29, 1.82) is 0 Å². The number of rotatable bonds is 8. The molecule has 0 bridgehead atoms. The maximum absolute atomic E-state index is 11.8. The molecule has 0 aliphatic heterocycles. The lowest BCUT2D eigenvalue weighted by Gasteiger charge is -2.31. The number of nitrogens with zero attached hydrogens (tertiary/aromatic N) is 1. The fraction of sp³-hybridized carbons (Fsp3) is 0.938. The Bertz CT molecular complexity index is 275. The summed E-state index contributed by atoms with van der Waals surface area (Å²) in [5.74, 6) is 0.465. The van der Waals surface area contributed by atoms with Gasteiger partial charge in [0.1, 0.15) is 0 Å². The first kappa shape index (κ1) is 17.4. The summed E-state index contributed by atoms with van der Waals surface area (Å²) in [6.07, 6.45) is 8.57. The standard InChI is InChI=1S/C16H33N3O/c1-13(2)12-15(17)16(20)18-10-7-11-19(3)14-8-5-4-6-9-14/h13-15H,4-12,17H2,1-3H3,(H,18,20)/t15-/m0/s1. The van der Waals surface area contributed by atoms with E-state index in [1.54, 1.807) is 0 Å². The molecule has 1 aliphatic rings. The van der Waals surface area contributed by atoms with Crippen LogP contribution in [0.3, 0.4) is 0 Å². The molecule has 4 heteroatoms. The molecule has 0 aromatic rings. The summed E-state index contributed by atoms with van der Waals surface area (Å²) in [5.41, 5.74) is 5.85. The van der Waals surface area contributed by atoms with E-state index in [2.05, 4.69) is 31.1 Å². The average molecular weight is 283 g/mol. The molecule has 1 rings (SSSR count). The van der Waals surface area contributed by atoms with Crippen LogP contribution in [0.5, 0.6) is 0 Å². The lowest BCUT2D eigenvalue weighted by molar-refractivity contribution is -0.122. The van der Waals surface area contributed by atoms with Crippen molar-refractivity contribution in [3.05, 3.63) is 0 Å². The Kier molecular flexibility index (Phi) is 8.15. The molecule has 0 heterocycles. The van der Waals surface area contributed by atoms with Crippen molar-refractivity contribution in [3.8, 4) is 0 Å². The van der Waals surface area contributed by atoms with E-state index in [1.807, 2.05) is 0 Å². The van der Waals surface area contributed by atoms with E-state index < -0.39 is 0 Å². The Morgan fingerprint density at radius 2 is 1.95 bits per heavy atom. The highest BCUT2D eigenvalue weighted by Gasteiger charge is 2.18. The molecule has 0 aromatic heterocycles. The lowest BCUT2D eigenvalue weighted by atomic mass is 9.94. The summed E-state index contributed by atoms with van der Waals surface area (Å²) in [4.78, 5) is 14.2. The number of hydrogen-bond donors (Lipinski definition) is 2. The van der Waals surface area contributed by atoms with Crippen molar-refractivity contribution < 1.29 is 4.79 Å². The number of amides is 1. The van der Waals surface area contributed by atoms with Crippen LogP contribution in [-0.4, -0.2) is 43.0 Å². The average Bonchev–Trinajstić information content (AvgIpc) is 2.43. The highest BCUT2D eigenvalue weighted by atomic mass is 16.2. The van der Waals surface area contributed by atoms with E-state index in [1.165, 1.54) is 32.1 Å². The molecule has 4 nitrogen and oxygen atoms in total. The van der Waals surface area contributed by atoms with Gasteiger partial charge in [-0.15, -0.1) is 0 Å². The highest BCUT2D eigenvalue weighted by Crippen LogP contribution is 2.21. The second-order valence-corrected chi connectivity index (χ2v) is 6.65. The summed E-state index contributed by atoms with van der Waals surface area (Å²) < 4.78 is 0. The van der Waals surface area contributed by atoms with Gasteiger partial charge in [-0.25, -0.2) is 0 Å². The van der Waals surface area contributed by atoms with Crippen LogP contribution in [0, 0.1) is 5.92 Å². The second kappa shape index (κ2) is 9.35. The van der Waals surface area contributed by atoms with Crippen LogP contribution >= 0.6 is 0 Å². The van der Waals surface area contributed by atoms with E-state index in [0.717, 1.165) is 32.0 Å². The molecule has 1 atom stereocenters. The molecule has 0 spiro atoms. The predicted molar refractivity (Wildman–Crippen MR) is 84.6 cm³/mol. The predicted octanol–water partition coefficient (Wildman–Crippen LogP) is 2.13. The van der Waals surface area contributed by atoms with Gasteiger partial charge in [-0.05, 0) is 45.2 Å². The van der Waals surface area contributed by atoms with E-state index in [-0.39, 0.29) is 11.9 Å². The molecule has 20 heavy (non-hydrogen) atoms. The van der Waals surface area contributed by atoms with Crippen molar-refractivity contribution >= 4 is 5.91 Å². The minimum Gasteiger partial charge on any atom is -0.355 e. The van der Waals surface area contributed by atoms with E-state index in [4.69, 9.17) is 5.73 Å². The lowest BCUT2D eigenvalue weighted by Crippen LogP contribution is -2.42. The topological polar surface area (TPSA) is 58.4 Å². The van der Waals surface area contributed by atoms with Crippen LogP contribution < -0.4 is 11.1 Å². The zero-order chi connectivity index (χ0) is 15.0. The van der Waals surface area contributed by atoms with Gasteiger partial charge in [-0.2, -0.15) is 0 Å². The van der Waals surface area contributed by atoms with Gasteiger partial charge in [-0.3, -0.25) is 4.79 Å². The molecule has 0 radical (unpaired) electrons. The van der Waals surface area contributed by atoms with Crippen molar-refractivity contribution in [1.82, 2.24) is 10.2 Å². The first-order valence-corrected chi connectivity index (χ1v) is 8.24. The van der Waals surface area contributed by atoms with E-state index in [0.29, 0.717) is 5.92 Å². The Hall–Kier alpha value is -0.610. The maximum Gasteiger partial charge on any atom is 0.236 e. The van der Waals surface area contributed by atoms with Gasteiger partial charge < -0.3 is 16.0 Å². The summed E-state index contributed by atoms with van der Waals surface area (Å²) in [6, 6.07) is 0.397. The van der Waals surface area contributed by atoms with Gasteiger partial charge in [0.15, 0.2) is 0 Å². The van der Waals surface area contributed by atoms with Crippen LogP contribution in [0.1, 0.15) is 58.8 Å². The monoisotopic (exact) mass is 283 g/mol. The normalized spacial score (nSPS) is 18.5. The summed E-state index contributed by atoms with van der Waals surface area (Å²) in [5, 5.41) is 2.96. The summed E-state index contributed by atoms with van der Waals surface area (Å²) >= 11 is 0. The van der Waals surface area contributed by atoms with Gasteiger partial charge in [0.25, 0.3) is 0 Å². The zero-order valence-electron chi connectivity index (χ0n) is 13.5. The van der Waals surface area contributed by atoms with E-state index in [9.17, 15) is 4.79 Å². The number of hydrogen-bond acceptors (Lipinski definition) is 3. The first-order chi connectivity index (χ1) is 9.50. The Morgan fingerprint density at radius 3 is 2.55 bits per heavy atom. The van der Waals surface area contributed by atoms with Crippen molar-refractivity contribution in [2.45, 2.75) is 70.9 Å². The third-order valence-corrected chi connectivity index (χ3v) is 4.25. The third kappa shape index (κ3) is 6.71. The van der Waals surface area contributed by atoms with Gasteiger partial charge in [0, 0.05) is 12.6 Å². The number of carbonyl (C=O) groups excluding carboxylic acids is 1. The molecule has 0 aromatic carbocycles. The van der Waals surface area contributed by atoms with Gasteiger partial charge >= 0.3 is 0 Å². The Labute approximate surface area is 124 Å². The van der Waals surface area contributed by atoms with Crippen LogP contribution in [-0.2, 0) is 4.79 Å². The Balaban J connectivity index is 2.09. The molecule has 1 fully saturated rings. The molecule has 0 saturated heterocycles. The largest absolute Gasteiger partial charge is 0.355 e. The molecule has 0 unspecified atom stereocenters. The van der Waals surface area contributed by atoms with Crippen LogP contribution in [0.15, 0.2) is 0 Å². The number of nitrogens with two attached hydrogens (primary N) is 1. The minimum atomic E-state index is -0.355. The van der Waals surface area contributed by atoms with E-state index >= 15 is 0 Å². The molecular formula is C16H33N3O. The van der Waals surface area contributed by atoms with Crippen molar-refractivity contribution in [2.24, 2.45) is 11.7 Å². The molecule has 3 N–H and O–H groups in total. The molecular weight excluding hydrogens is 250 g/mol. The van der Waals surface area contributed by atoms with Crippen molar-refractivity contribution in [3.63, 3.8) is 0 Å². The quantitative estimate of drug-likeness (QED) is 0.671. The summed E-state index contributed by atoms with van der Waals surface area (Å²) in [6.45, 7) is 5.98. The minimum absolute atomic E-state index is 0.000908. The molecule has 1 aliphatic carbocycles. The Morgan fingerprint density at radius 1 is 1.30 bits per heavy atom. The molecule has 1 amide bonds. The first-order valence-electron chi connectivity index (χ1n) is 8.24. The highest BCUT2D eigenvalue weighted by molar-refractivity contribution is 5.81. The van der Waals surface area contributed by atoms with Gasteiger partial charge in [0.05, 0.1) is 6.04 Å². The molecule has 1 saturated carbocycles. The fourth-order valence-corrected chi connectivity index (χ4v) is 2.99. The zero-order valence-corrected chi connectivity index (χ0v) is 13.5. The van der Waals surface area contributed by atoms with Crippen LogP contribution in [0.2, 0.25) is 0 Å². The smallest absolute Gasteiger partial charge is 0.236 e.